The van der Waals surface area contributed by atoms with E-state index in [-0.39, 0.29) is 11.6 Å². The maximum Gasteiger partial charge on any atom is 0.267 e. The number of benzene rings is 1. The summed E-state index contributed by atoms with van der Waals surface area (Å²) in [5.74, 6) is 1.95. The first-order valence-corrected chi connectivity index (χ1v) is 10.4. The molecule has 1 aromatic heterocycles. The van der Waals surface area contributed by atoms with E-state index in [1.54, 1.807) is 10.7 Å². The SMILES string of the molecule is CC(C)n1nc(N2CCCCC2CNCc2ccc3c(c2)CCO3)ccc1=O. The minimum absolute atomic E-state index is 0.0361. The predicted octanol–water partition coefficient (Wildman–Crippen LogP) is 2.91. The largest absolute Gasteiger partial charge is 0.493 e. The molecule has 6 heteroatoms. The van der Waals surface area contributed by atoms with Crippen molar-refractivity contribution in [1.29, 1.82) is 0 Å². The van der Waals surface area contributed by atoms with Crippen LogP contribution in [0.25, 0.3) is 0 Å². The molecule has 6 nitrogen and oxygen atoms in total. The second kappa shape index (κ2) is 8.35. The monoisotopic (exact) mass is 382 g/mol. The molecule has 0 spiro atoms. The van der Waals surface area contributed by atoms with Gasteiger partial charge in [0.05, 0.1) is 12.6 Å². The Kier molecular flexibility index (Phi) is 5.67. The maximum absolute atomic E-state index is 12.0. The van der Waals surface area contributed by atoms with Crippen LogP contribution in [-0.4, -0.2) is 35.5 Å². The van der Waals surface area contributed by atoms with Crippen LogP contribution in [0.4, 0.5) is 5.82 Å². The molecule has 1 aromatic carbocycles. The molecule has 0 bridgehead atoms. The van der Waals surface area contributed by atoms with Gasteiger partial charge in [0.2, 0.25) is 0 Å². The molecule has 0 radical (unpaired) electrons. The highest BCUT2D eigenvalue weighted by atomic mass is 16.5. The number of nitrogens with one attached hydrogen (secondary N) is 1. The number of nitrogens with zero attached hydrogens (tertiary/aromatic N) is 3. The highest BCUT2D eigenvalue weighted by Crippen LogP contribution is 2.26. The van der Waals surface area contributed by atoms with Gasteiger partial charge in [0, 0.05) is 38.2 Å². The van der Waals surface area contributed by atoms with Crippen molar-refractivity contribution in [3.05, 3.63) is 51.8 Å². The second-order valence-electron chi connectivity index (χ2n) is 8.08. The van der Waals surface area contributed by atoms with Crippen LogP contribution in [-0.2, 0) is 13.0 Å². The zero-order valence-corrected chi connectivity index (χ0v) is 16.9. The van der Waals surface area contributed by atoms with Crippen LogP contribution in [0.3, 0.4) is 0 Å². The van der Waals surface area contributed by atoms with Crippen molar-refractivity contribution in [2.75, 3.05) is 24.6 Å². The summed E-state index contributed by atoms with van der Waals surface area (Å²) in [5, 5.41) is 8.27. The summed E-state index contributed by atoms with van der Waals surface area (Å²) in [6.45, 7) is 7.55. The summed E-state index contributed by atoms with van der Waals surface area (Å²) in [5.41, 5.74) is 2.59. The van der Waals surface area contributed by atoms with Crippen LogP contribution in [0, 0.1) is 0 Å². The number of rotatable bonds is 6. The van der Waals surface area contributed by atoms with E-state index in [0.717, 1.165) is 50.7 Å². The second-order valence-corrected chi connectivity index (χ2v) is 8.08. The first-order chi connectivity index (χ1) is 13.6. The normalized spacial score (nSPS) is 19.0. The summed E-state index contributed by atoms with van der Waals surface area (Å²) in [6, 6.07) is 10.5. The summed E-state index contributed by atoms with van der Waals surface area (Å²) >= 11 is 0. The number of aromatic nitrogens is 2. The average Bonchev–Trinajstić information content (AvgIpc) is 3.16. The molecular weight excluding hydrogens is 352 g/mol. The Morgan fingerprint density at radius 3 is 3.00 bits per heavy atom. The molecule has 4 rings (SSSR count). The lowest BCUT2D eigenvalue weighted by atomic mass is 10.0. The molecule has 1 unspecified atom stereocenters. The molecular formula is C22H30N4O2. The number of fused-ring (bicyclic) bond motifs is 1. The van der Waals surface area contributed by atoms with E-state index in [1.807, 2.05) is 19.9 Å². The van der Waals surface area contributed by atoms with E-state index in [9.17, 15) is 4.79 Å². The van der Waals surface area contributed by atoms with Crippen LogP contribution in [0.5, 0.6) is 5.75 Å². The fourth-order valence-corrected chi connectivity index (χ4v) is 4.19. The van der Waals surface area contributed by atoms with Crippen molar-refractivity contribution in [1.82, 2.24) is 15.1 Å². The highest BCUT2D eigenvalue weighted by Gasteiger charge is 2.24. The van der Waals surface area contributed by atoms with Gasteiger partial charge in [-0.25, -0.2) is 4.68 Å². The summed E-state index contributed by atoms with van der Waals surface area (Å²) in [6.07, 6.45) is 4.57. The number of piperidine rings is 1. The van der Waals surface area contributed by atoms with E-state index in [1.165, 1.54) is 24.0 Å². The van der Waals surface area contributed by atoms with Gasteiger partial charge in [0.1, 0.15) is 11.6 Å². The van der Waals surface area contributed by atoms with Gasteiger partial charge in [-0.2, -0.15) is 5.10 Å². The molecule has 1 fully saturated rings. The van der Waals surface area contributed by atoms with Crippen LogP contribution >= 0.6 is 0 Å². The van der Waals surface area contributed by atoms with Gasteiger partial charge < -0.3 is 15.0 Å². The third-order valence-electron chi connectivity index (χ3n) is 5.68. The topological polar surface area (TPSA) is 59.4 Å². The van der Waals surface area contributed by atoms with E-state index >= 15 is 0 Å². The molecule has 28 heavy (non-hydrogen) atoms. The Hall–Kier alpha value is -2.34. The molecule has 1 N–H and O–H groups in total. The predicted molar refractivity (Wildman–Crippen MR) is 111 cm³/mol. The van der Waals surface area contributed by atoms with Gasteiger partial charge in [0.15, 0.2) is 0 Å². The fraction of sp³-hybridized carbons (Fsp3) is 0.545. The van der Waals surface area contributed by atoms with E-state index in [2.05, 4.69) is 33.5 Å². The molecule has 1 saturated heterocycles. The maximum atomic E-state index is 12.0. The van der Waals surface area contributed by atoms with Crippen LogP contribution in [0.15, 0.2) is 35.1 Å². The van der Waals surface area contributed by atoms with Crippen molar-refractivity contribution in [3.8, 4) is 5.75 Å². The molecule has 150 valence electrons. The van der Waals surface area contributed by atoms with Crippen LogP contribution < -0.4 is 20.5 Å². The van der Waals surface area contributed by atoms with E-state index < -0.39 is 0 Å². The van der Waals surface area contributed by atoms with Gasteiger partial charge in [-0.1, -0.05) is 12.1 Å². The fourth-order valence-electron chi connectivity index (χ4n) is 4.19. The molecule has 0 aliphatic carbocycles. The van der Waals surface area contributed by atoms with Gasteiger partial charge in [0.25, 0.3) is 5.56 Å². The van der Waals surface area contributed by atoms with Crippen molar-refractivity contribution in [2.24, 2.45) is 0 Å². The standard InChI is InChI=1S/C22H30N4O2/c1-16(2)26-22(27)9-8-21(24-26)25-11-4-3-5-19(25)15-23-14-17-6-7-20-18(13-17)10-12-28-20/h6-9,13,16,19,23H,3-5,10-12,14-15H2,1-2H3. The first kappa shape index (κ1) is 19.0. The highest BCUT2D eigenvalue weighted by molar-refractivity contribution is 5.40. The van der Waals surface area contributed by atoms with Crippen LogP contribution in [0.2, 0.25) is 0 Å². The van der Waals surface area contributed by atoms with E-state index in [4.69, 9.17) is 4.74 Å². The Labute approximate surface area is 166 Å². The zero-order valence-electron chi connectivity index (χ0n) is 16.9. The smallest absolute Gasteiger partial charge is 0.267 e. The molecule has 1 atom stereocenters. The Bertz CT molecular complexity index is 877. The minimum Gasteiger partial charge on any atom is -0.493 e. The van der Waals surface area contributed by atoms with Gasteiger partial charge in [-0.05, 0) is 56.4 Å². The number of hydrogen-bond acceptors (Lipinski definition) is 5. The molecule has 2 aliphatic rings. The van der Waals surface area contributed by atoms with E-state index in [0.29, 0.717) is 6.04 Å². The minimum atomic E-state index is -0.0361. The lowest BCUT2D eigenvalue weighted by Crippen LogP contribution is -2.46. The number of ether oxygens (including phenoxy) is 1. The Morgan fingerprint density at radius 1 is 1.25 bits per heavy atom. The molecule has 2 aliphatic heterocycles. The van der Waals surface area contributed by atoms with Gasteiger partial charge in [-0.15, -0.1) is 0 Å². The van der Waals surface area contributed by atoms with Crippen molar-refractivity contribution < 1.29 is 4.74 Å². The molecule has 0 saturated carbocycles. The quantitative estimate of drug-likeness (QED) is 0.832. The summed E-state index contributed by atoms with van der Waals surface area (Å²) in [4.78, 5) is 14.4. The van der Waals surface area contributed by atoms with Crippen molar-refractivity contribution in [2.45, 2.75) is 58.2 Å². The van der Waals surface area contributed by atoms with Gasteiger partial charge >= 0.3 is 0 Å². The Morgan fingerprint density at radius 2 is 2.14 bits per heavy atom. The number of hydrogen-bond donors (Lipinski definition) is 1. The third-order valence-corrected chi connectivity index (χ3v) is 5.68. The lowest BCUT2D eigenvalue weighted by Gasteiger charge is -2.37. The first-order valence-electron chi connectivity index (χ1n) is 10.4. The molecule has 3 heterocycles. The summed E-state index contributed by atoms with van der Waals surface area (Å²) < 4.78 is 7.18. The summed E-state index contributed by atoms with van der Waals surface area (Å²) in [7, 11) is 0. The van der Waals surface area contributed by atoms with Crippen LogP contribution in [0.1, 0.15) is 50.3 Å². The van der Waals surface area contributed by atoms with Gasteiger partial charge in [-0.3, -0.25) is 4.79 Å². The Balaban J connectivity index is 1.41. The molecule has 0 amide bonds. The number of anilines is 1. The molecule has 2 aromatic rings. The zero-order chi connectivity index (χ0) is 19.5. The van der Waals surface area contributed by atoms with Crippen molar-refractivity contribution in [3.63, 3.8) is 0 Å². The third kappa shape index (κ3) is 4.07. The van der Waals surface area contributed by atoms with Crippen molar-refractivity contribution >= 4 is 5.82 Å². The lowest BCUT2D eigenvalue weighted by molar-refractivity contribution is 0.357. The average molecular weight is 383 g/mol.